The van der Waals surface area contributed by atoms with E-state index in [1.165, 1.54) is 35.5 Å². The molecule has 0 N–H and O–H groups in total. The van der Waals surface area contributed by atoms with Crippen molar-refractivity contribution >= 4 is 30.7 Å². The van der Waals surface area contributed by atoms with Crippen molar-refractivity contribution in [2.45, 2.75) is 113 Å². The van der Waals surface area contributed by atoms with Crippen LogP contribution in [0.4, 0.5) is 0 Å². The monoisotopic (exact) mass is 489 g/mol. The Hall–Kier alpha value is 1.68. The summed E-state index contributed by atoms with van der Waals surface area (Å²) in [6.07, 6.45) is 20.3. The molecule has 5 aliphatic heterocycles. The van der Waals surface area contributed by atoms with Gasteiger partial charge in [0, 0.05) is 21.1 Å². The van der Waals surface area contributed by atoms with Crippen molar-refractivity contribution in [2.24, 2.45) is 46.3 Å². The summed E-state index contributed by atoms with van der Waals surface area (Å²) in [5.74, 6) is 7.04. The normalized spacial score (nSPS) is 72.5. The molecule has 13 aliphatic rings. The standard InChI is InChI=1S/C26H39NP4/c1-22(2,3)27-30-25(23-10-16-4-17(11-23)6-18(5-16)12-23)28(30)26(29(25)31(26)27)24-13-19-7-20(14-24)9-21(8-19)15-24/h16-21H,4-15H2,1-3H3. The minimum Gasteiger partial charge on any atom is -0.245 e. The average molecular weight is 490 g/mol. The molecule has 2 atom stereocenters. The van der Waals surface area contributed by atoms with Crippen molar-refractivity contribution in [3.05, 3.63) is 0 Å². The van der Waals surface area contributed by atoms with E-state index in [2.05, 4.69) is 25.2 Å². The van der Waals surface area contributed by atoms with Gasteiger partial charge < -0.3 is 0 Å². The molecular weight excluding hydrogens is 450 g/mol. The summed E-state index contributed by atoms with van der Waals surface area (Å²) in [4.78, 5) is 0. The molecule has 0 amide bonds. The number of rotatable bonds is 2. The van der Waals surface area contributed by atoms with E-state index in [0.717, 1.165) is 20.1 Å². The lowest BCUT2D eigenvalue weighted by atomic mass is 9.50. The summed E-state index contributed by atoms with van der Waals surface area (Å²) >= 11 is 0. The van der Waals surface area contributed by atoms with Gasteiger partial charge in [-0.3, -0.25) is 0 Å². The Labute approximate surface area is 193 Å². The largest absolute Gasteiger partial charge is 0.245 e. The average Bonchev–Trinajstić information content (AvgIpc) is 3.33. The number of hydrogen-bond donors (Lipinski definition) is 0. The Kier molecular flexibility index (Phi) is 3.09. The van der Waals surface area contributed by atoms with E-state index in [0.29, 0.717) is 36.3 Å². The van der Waals surface area contributed by atoms with Gasteiger partial charge in [0.1, 0.15) is 0 Å². The fourth-order valence-corrected chi connectivity index (χ4v) is 61.5. The molecule has 0 aromatic carbocycles. The quantitative estimate of drug-likeness (QED) is 0.349. The van der Waals surface area contributed by atoms with Crippen LogP contribution in [0.2, 0.25) is 0 Å². The Balaban J connectivity index is 1.12. The van der Waals surface area contributed by atoms with Gasteiger partial charge in [0.2, 0.25) is 0 Å². The van der Waals surface area contributed by atoms with Gasteiger partial charge in [-0.15, -0.1) is 0 Å². The summed E-state index contributed by atoms with van der Waals surface area (Å²) in [6.45, 7) is 7.92. The highest BCUT2D eigenvalue weighted by Crippen LogP contribution is 3.52. The molecule has 5 heteroatoms. The summed E-state index contributed by atoms with van der Waals surface area (Å²) in [7, 11) is 1.48. The molecule has 0 aromatic heterocycles. The zero-order chi connectivity index (χ0) is 20.3. The number of nitrogens with zero attached hydrogens (tertiary/aromatic N) is 1. The van der Waals surface area contributed by atoms with Crippen molar-refractivity contribution in [3.8, 4) is 0 Å². The molecule has 5 heterocycles. The van der Waals surface area contributed by atoms with Crippen LogP contribution >= 0.6 is 30.7 Å². The molecule has 0 aromatic rings. The molecule has 8 aliphatic carbocycles. The fourth-order valence-electron chi connectivity index (χ4n) is 12.9. The number of hydrogen-bond acceptors (Lipinski definition) is 1. The molecule has 5 saturated heterocycles. The van der Waals surface area contributed by atoms with Crippen molar-refractivity contribution < 1.29 is 0 Å². The van der Waals surface area contributed by atoms with Gasteiger partial charge in [-0.05, 0) is 159 Å². The van der Waals surface area contributed by atoms with Crippen molar-refractivity contribution in [3.63, 3.8) is 0 Å². The first kappa shape index (κ1) is 18.9. The van der Waals surface area contributed by atoms with E-state index in [1.807, 2.05) is 0 Å². The van der Waals surface area contributed by atoms with Gasteiger partial charge >= 0.3 is 0 Å². The summed E-state index contributed by atoms with van der Waals surface area (Å²) in [5, 5.41) is 0. The first-order valence-electron chi connectivity index (χ1n) is 13.8. The molecule has 0 spiro atoms. The van der Waals surface area contributed by atoms with Gasteiger partial charge in [-0.25, -0.2) is 4.44 Å². The molecule has 8 saturated carbocycles. The van der Waals surface area contributed by atoms with E-state index in [4.69, 9.17) is 0 Å². The molecule has 31 heavy (non-hydrogen) atoms. The first-order valence-corrected chi connectivity index (χ1v) is 20.5. The zero-order valence-corrected chi connectivity index (χ0v) is 23.3. The Morgan fingerprint density at radius 2 is 0.839 bits per heavy atom. The van der Waals surface area contributed by atoms with Crippen LogP contribution in [0.1, 0.15) is 97.8 Å². The van der Waals surface area contributed by atoms with Crippen LogP contribution in [-0.4, -0.2) is 19.3 Å². The summed E-state index contributed by atoms with van der Waals surface area (Å²) < 4.78 is 5.50. The molecule has 13 rings (SSSR count). The van der Waals surface area contributed by atoms with Crippen LogP contribution in [0.3, 0.4) is 0 Å². The first-order chi connectivity index (χ1) is 14.8. The van der Waals surface area contributed by atoms with Crippen LogP contribution in [0.5, 0.6) is 0 Å². The zero-order valence-electron chi connectivity index (χ0n) is 19.7. The molecule has 2 unspecified atom stereocenters. The van der Waals surface area contributed by atoms with E-state index in [-0.39, 0.29) is 0 Å². The molecule has 168 valence electrons. The second-order valence-corrected chi connectivity index (χ2v) is 29.7. The second kappa shape index (κ2) is 5.07. The van der Waals surface area contributed by atoms with Crippen LogP contribution in [0.15, 0.2) is 0 Å². The minimum absolute atomic E-state index is 0.310. The lowest BCUT2D eigenvalue weighted by Gasteiger charge is -2.65. The van der Waals surface area contributed by atoms with Gasteiger partial charge in [-0.1, -0.05) is 0 Å². The van der Waals surface area contributed by atoms with Gasteiger partial charge in [0.05, 0.1) is 9.28 Å². The fraction of sp³-hybridized carbons (Fsp3) is 1.00. The van der Waals surface area contributed by atoms with E-state index in [9.17, 15) is 0 Å². The van der Waals surface area contributed by atoms with E-state index < -0.39 is 0 Å². The van der Waals surface area contributed by atoms with Crippen molar-refractivity contribution in [2.75, 3.05) is 0 Å². The van der Waals surface area contributed by atoms with Gasteiger partial charge in [0.15, 0.2) is 0 Å². The third kappa shape index (κ3) is 1.71. The van der Waals surface area contributed by atoms with Crippen LogP contribution in [-0.2, 0) is 0 Å². The third-order valence-corrected chi connectivity index (χ3v) is 41.1. The third-order valence-electron chi connectivity index (χ3n) is 12.5. The lowest BCUT2D eigenvalue weighted by molar-refractivity contribution is -0.0564. The highest BCUT2D eigenvalue weighted by molar-refractivity contribution is 8.83. The predicted octanol–water partition coefficient (Wildman–Crippen LogP) is 9.47. The smallest absolute Gasteiger partial charge is 0.0661 e. The SMILES string of the molecule is CC(C)(C)N1P2P3C2(C24CC5CC(CC(C5)C2)C4)P2P1C32C12CC3CC(CC(C3)C1)C2. The molecule has 1 nitrogen and oxygen atoms in total. The molecular formula is C26H39NP4. The van der Waals surface area contributed by atoms with Crippen LogP contribution in [0.25, 0.3) is 0 Å². The summed E-state index contributed by atoms with van der Waals surface area (Å²) in [5.41, 5.74) is 2.31. The Bertz CT molecular complexity index is 790. The lowest BCUT2D eigenvalue weighted by Crippen LogP contribution is -2.57. The summed E-state index contributed by atoms with van der Waals surface area (Å²) in [6, 6.07) is 0. The van der Waals surface area contributed by atoms with Crippen LogP contribution in [0, 0.1) is 46.3 Å². The topological polar surface area (TPSA) is 3.24 Å². The van der Waals surface area contributed by atoms with Gasteiger partial charge in [-0.2, -0.15) is 0 Å². The highest BCUT2D eigenvalue weighted by atomic mass is 32.3. The Morgan fingerprint density at radius 1 is 0.548 bits per heavy atom. The molecule has 0 radical (unpaired) electrons. The van der Waals surface area contributed by atoms with Crippen molar-refractivity contribution in [1.29, 1.82) is 0 Å². The van der Waals surface area contributed by atoms with Crippen LogP contribution < -0.4 is 0 Å². The van der Waals surface area contributed by atoms with E-state index in [1.54, 1.807) is 77.0 Å². The highest BCUT2D eigenvalue weighted by Gasteiger charge is 3.13. The minimum atomic E-state index is 0.310. The predicted molar refractivity (Wildman–Crippen MR) is 136 cm³/mol. The van der Waals surface area contributed by atoms with Gasteiger partial charge in [0.25, 0.3) is 0 Å². The Morgan fingerprint density at radius 3 is 1.10 bits per heavy atom. The molecule has 10 bridgehead atoms. The van der Waals surface area contributed by atoms with Crippen molar-refractivity contribution in [1.82, 2.24) is 4.44 Å². The maximum Gasteiger partial charge on any atom is 0.0661 e. The second-order valence-electron chi connectivity index (χ2n) is 15.3. The van der Waals surface area contributed by atoms with E-state index >= 15 is 0 Å². The maximum atomic E-state index is 3.41. The molecule has 13 fully saturated rings. The maximum absolute atomic E-state index is 3.41.